The van der Waals surface area contributed by atoms with E-state index in [1.54, 1.807) is 0 Å². The Kier molecular flexibility index (Phi) is 6.53. The average Bonchev–Trinajstić information content (AvgIpc) is 2.12. The standard InChI is InChI=1S/C9H17NO4/c1-3-4-5-6-14-9(13)10-7(2)8(11)12/h7H,3-6H2,1-2H3,(H,10,13)(H,11,12)/t7-/m0/s1. The number of carbonyl (C=O) groups excluding carboxylic acids is 1. The number of ether oxygens (including phenoxy) is 1. The van der Waals surface area contributed by atoms with Crippen LogP contribution < -0.4 is 5.32 Å². The first kappa shape index (κ1) is 12.7. The highest BCUT2D eigenvalue weighted by molar-refractivity contribution is 5.79. The number of carbonyl (C=O) groups is 2. The van der Waals surface area contributed by atoms with Crippen molar-refractivity contribution < 1.29 is 19.4 Å². The molecule has 0 spiro atoms. The lowest BCUT2D eigenvalue weighted by molar-refractivity contribution is -0.138. The predicted octanol–water partition coefficient (Wildman–Crippen LogP) is 1.38. The van der Waals surface area contributed by atoms with Crippen molar-refractivity contribution in [3.63, 3.8) is 0 Å². The van der Waals surface area contributed by atoms with E-state index in [-0.39, 0.29) is 0 Å². The predicted molar refractivity (Wildman–Crippen MR) is 51.1 cm³/mol. The van der Waals surface area contributed by atoms with Gasteiger partial charge in [-0.05, 0) is 13.3 Å². The molecule has 82 valence electrons. The highest BCUT2D eigenvalue weighted by atomic mass is 16.5. The molecule has 0 saturated heterocycles. The number of carboxylic acids is 1. The van der Waals surface area contributed by atoms with E-state index in [1.807, 2.05) is 6.92 Å². The molecule has 0 bridgehead atoms. The maximum absolute atomic E-state index is 10.9. The number of hydrogen-bond donors (Lipinski definition) is 2. The summed E-state index contributed by atoms with van der Waals surface area (Å²) in [5.74, 6) is -1.07. The van der Waals surface area contributed by atoms with Crippen molar-refractivity contribution in [2.75, 3.05) is 6.61 Å². The molecule has 5 heteroatoms. The van der Waals surface area contributed by atoms with Gasteiger partial charge in [0.15, 0.2) is 0 Å². The molecule has 14 heavy (non-hydrogen) atoms. The molecule has 0 aromatic rings. The molecule has 0 rings (SSSR count). The summed E-state index contributed by atoms with van der Waals surface area (Å²) in [7, 11) is 0. The Morgan fingerprint density at radius 1 is 1.43 bits per heavy atom. The zero-order valence-corrected chi connectivity index (χ0v) is 8.58. The van der Waals surface area contributed by atoms with Gasteiger partial charge in [-0.2, -0.15) is 0 Å². The largest absolute Gasteiger partial charge is 0.480 e. The first-order chi connectivity index (χ1) is 6.57. The molecule has 0 fully saturated rings. The number of rotatable bonds is 6. The second-order valence-corrected chi connectivity index (χ2v) is 3.05. The van der Waals surface area contributed by atoms with E-state index >= 15 is 0 Å². The van der Waals surface area contributed by atoms with Crippen molar-refractivity contribution >= 4 is 12.1 Å². The van der Waals surface area contributed by atoms with E-state index in [2.05, 4.69) is 5.32 Å². The van der Waals surface area contributed by atoms with Gasteiger partial charge in [-0.3, -0.25) is 4.79 Å². The Morgan fingerprint density at radius 2 is 2.07 bits per heavy atom. The summed E-state index contributed by atoms with van der Waals surface area (Å²) in [5, 5.41) is 10.7. The van der Waals surface area contributed by atoms with Crippen LogP contribution in [0.2, 0.25) is 0 Å². The van der Waals surface area contributed by atoms with Gasteiger partial charge in [0, 0.05) is 0 Å². The zero-order chi connectivity index (χ0) is 11.0. The van der Waals surface area contributed by atoms with Crippen LogP contribution in [0.3, 0.4) is 0 Å². The number of aliphatic carboxylic acids is 1. The highest BCUT2D eigenvalue weighted by Crippen LogP contribution is 1.94. The fourth-order valence-corrected chi connectivity index (χ4v) is 0.797. The van der Waals surface area contributed by atoms with Crippen LogP contribution in [-0.4, -0.2) is 29.8 Å². The van der Waals surface area contributed by atoms with Gasteiger partial charge < -0.3 is 15.2 Å². The van der Waals surface area contributed by atoms with Crippen LogP contribution in [0.5, 0.6) is 0 Å². The van der Waals surface area contributed by atoms with E-state index in [1.165, 1.54) is 6.92 Å². The van der Waals surface area contributed by atoms with Gasteiger partial charge in [0.25, 0.3) is 0 Å². The lowest BCUT2D eigenvalue weighted by Crippen LogP contribution is -2.38. The van der Waals surface area contributed by atoms with Crippen LogP contribution in [0.25, 0.3) is 0 Å². The lowest BCUT2D eigenvalue weighted by Gasteiger charge is -2.09. The zero-order valence-electron chi connectivity index (χ0n) is 8.58. The number of alkyl carbamates (subject to hydrolysis) is 1. The molecule has 0 aromatic carbocycles. The molecule has 5 nitrogen and oxygen atoms in total. The molecule has 1 atom stereocenters. The number of carboxylic acid groups (broad SMARTS) is 1. The molecular weight excluding hydrogens is 186 g/mol. The fraction of sp³-hybridized carbons (Fsp3) is 0.778. The van der Waals surface area contributed by atoms with Gasteiger partial charge in [0.05, 0.1) is 6.61 Å². The van der Waals surface area contributed by atoms with E-state index in [0.29, 0.717) is 6.61 Å². The van der Waals surface area contributed by atoms with Gasteiger partial charge in [0.2, 0.25) is 0 Å². The molecule has 0 heterocycles. The lowest BCUT2D eigenvalue weighted by atomic mass is 10.3. The third kappa shape index (κ3) is 6.28. The Labute approximate surface area is 83.4 Å². The molecule has 2 N–H and O–H groups in total. The van der Waals surface area contributed by atoms with Gasteiger partial charge in [-0.25, -0.2) is 4.79 Å². The number of nitrogens with one attached hydrogen (secondary N) is 1. The minimum Gasteiger partial charge on any atom is -0.480 e. The minimum absolute atomic E-state index is 0.339. The molecule has 0 saturated carbocycles. The van der Waals surface area contributed by atoms with Gasteiger partial charge in [-0.1, -0.05) is 19.8 Å². The monoisotopic (exact) mass is 203 g/mol. The van der Waals surface area contributed by atoms with E-state index in [0.717, 1.165) is 19.3 Å². The van der Waals surface area contributed by atoms with E-state index < -0.39 is 18.1 Å². The topological polar surface area (TPSA) is 75.6 Å². The molecule has 0 radical (unpaired) electrons. The summed E-state index contributed by atoms with van der Waals surface area (Å²) < 4.78 is 4.75. The highest BCUT2D eigenvalue weighted by Gasteiger charge is 2.13. The van der Waals surface area contributed by atoms with Crippen molar-refractivity contribution in [2.45, 2.75) is 39.2 Å². The Morgan fingerprint density at radius 3 is 2.57 bits per heavy atom. The van der Waals surface area contributed by atoms with E-state index in [9.17, 15) is 9.59 Å². The van der Waals surface area contributed by atoms with Crippen LogP contribution in [-0.2, 0) is 9.53 Å². The SMILES string of the molecule is CCCCCOC(=O)N[C@@H](C)C(=O)O. The number of hydrogen-bond acceptors (Lipinski definition) is 3. The molecule has 0 unspecified atom stereocenters. The Balaban J connectivity index is 3.50. The summed E-state index contributed by atoms with van der Waals surface area (Å²) in [6.07, 6.45) is 2.19. The summed E-state index contributed by atoms with van der Waals surface area (Å²) in [4.78, 5) is 21.3. The molecule has 0 aliphatic heterocycles. The quantitative estimate of drug-likeness (QED) is 0.639. The Bertz CT molecular complexity index is 193. The number of unbranched alkanes of at least 4 members (excludes halogenated alkanes) is 2. The molecule has 0 aliphatic carbocycles. The molecule has 0 aliphatic rings. The summed E-state index contributed by atoms with van der Waals surface area (Å²) >= 11 is 0. The molecule has 0 aromatic heterocycles. The van der Waals surface area contributed by atoms with Gasteiger partial charge >= 0.3 is 12.1 Å². The molecular formula is C9H17NO4. The number of amides is 1. The van der Waals surface area contributed by atoms with Crippen LogP contribution in [0.4, 0.5) is 4.79 Å². The third-order valence-corrected chi connectivity index (χ3v) is 1.69. The normalized spacial score (nSPS) is 11.9. The summed E-state index contributed by atoms with van der Waals surface area (Å²) in [6, 6.07) is -0.909. The van der Waals surface area contributed by atoms with Crippen molar-refractivity contribution in [1.29, 1.82) is 0 Å². The smallest absolute Gasteiger partial charge is 0.407 e. The summed E-state index contributed by atoms with van der Waals surface area (Å²) in [5.41, 5.74) is 0. The second kappa shape index (κ2) is 7.17. The van der Waals surface area contributed by atoms with Crippen molar-refractivity contribution in [3.05, 3.63) is 0 Å². The maximum atomic E-state index is 10.9. The van der Waals surface area contributed by atoms with Crippen LogP contribution in [0, 0.1) is 0 Å². The maximum Gasteiger partial charge on any atom is 0.407 e. The fourth-order valence-electron chi connectivity index (χ4n) is 0.797. The van der Waals surface area contributed by atoms with Crippen LogP contribution >= 0.6 is 0 Å². The van der Waals surface area contributed by atoms with Crippen molar-refractivity contribution in [1.82, 2.24) is 5.32 Å². The van der Waals surface area contributed by atoms with Gasteiger partial charge in [-0.15, -0.1) is 0 Å². The van der Waals surface area contributed by atoms with Gasteiger partial charge in [0.1, 0.15) is 6.04 Å². The first-order valence-electron chi connectivity index (χ1n) is 4.74. The van der Waals surface area contributed by atoms with E-state index in [4.69, 9.17) is 9.84 Å². The Hall–Kier alpha value is -1.26. The van der Waals surface area contributed by atoms with Crippen molar-refractivity contribution in [2.24, 2.45) is 0 Å². The second-order valence-electron chi connectivity index (χ2n) is 3.05. The van der Waals surface area contributed by atoms with Crippen molar-refractivity contribution in [3.8, 4) is 0 Å². The average molecular weight is 203 g/mol. The summed E-state index contributed by atoms with van der Waals surface area (Å²) in [6.45, 7) is 3.77. The minimum atomic E-state index is -1.07. The molecule has 1 amide bonds. The van der Waals surface area contributed by atoms with Crippen LogP contribution in [0.1, 0.15) is 33.1 Å². The first-order valence-corrected chi connectivity index (χ1v) is 4.74. The third-order valence-electron chi connectivity index (χ3n) is 1.69. The van der Waals surface area contributed by atoms with Crippen LogP contribution in [0.15, 0.2) is 0 Å².